The third-order valence-electron chi connectivity index (χ3n) is 5.74. The van der Waals surface area contributed by atoms with E-state index in [1.165, 1.54) is 128 Å². The summed E-state index contributed by atoms with van der Waals surface area (Å²) in [6, 6.07) is 0. The summed E-state index contributed by atoms with van der Waals surface area (Å²) >= 11 is 0. The van der Waals surface area contributed by atoms with E-state index in [0.29, 0.717) is 6.42 Å². The van der Waals surface area contributed by atoms with Crippen molar-refractivity contribution >= 4 is 5.97 Å². The predicted molar refractivity (Wildman–Crippen MR) is 125 cm³/mol. The third-order valence-corrected chi connectivity index (χ3v) is 5.74. The van der Waals surface area contributed by atoms with Crippen molar-refractivity contribution < 1.29 is 9.90 Å². The molecule has 28 heavy (non-hydrogen) atoms. The minimum absolute atomic E-state index is 0. The Morgan fingerprint density at radius 1 is 0.464 bits per heavy atom. The summed E-state index contributed by atoms with van der Waals surface area (Å²) in [5.74, 6) is -0.650. The number of hydrogen-bond acceptors (Lipinski definition) is 2. The van der Waals surface area contributed by atoms with Crippen LogP contribution < -0.4 is 6.15 Å². The van der Waals surface area contributed by atoms with Crippen LogP contribution in [0.15, 0.2) is 0 Å². The molecule has 0 rings (SSSR count). The number of carboxylic acids is 1. The van der Waals surface area contributed by atoms with Gasteiger partial charge in [0.25, 0.3) is 0 Å². The van der Waals surface area contributed by atoms with Gasteiger partial charge in [0.1, 0.15) is 0 Å². The Bertz CT molecular complexity index is 294. The molecule has 3 nitrogen and oxygen atoms in total. The SMILES string of the molecule is CCCCCCCCCCCCCCCCCCCCCCCCC(=O)O.N. The van der Waals surface area contributed by atoms with Crippen LogP contribution in [0, 0.1) is 0 Å². The molecule has 0 saturated heterocycles. The van der Waals surface area contributed by atoms with Gasteiger partial charge in [0.15, 0.2) is 0 Å². The largest absolute Gasteiger partial charge is 0.481 e. The van der Waals surface area contributed by atoms with Crippen molar-refractivity contribution in [3.63, 3.8) is 0 Å². The van der Waals surface area contributed by atoms with E-state index < -0.39 is 5.97 Å². The predicted octanol–water partition coefficient (Wildman–Crippen LogP) is 9.23. The molecule has 3 heteroatoms. The van der Waals surface area contributed by atoms with Gasteiger partial charge < -0.3 is 11.3 Å². The highest BCUT2D eigenvalue weighted by Crippen LogP contribution is 2.15. The first kappa shape index (κ1) is 29.6. The molecule has 4 N–H and O–H groups in total. The van der Waals surface area contributed by atoms with Gasteiger partial charge in [-0.2, -0.15) is 0 Å². The summed E-state index contributed by atoms with van der Waals surface area (Å²) in [5, 5.41) is 8.58. The number of hydrogen-bond donors (Lipinski definition) is 2. The highest BCUT2D eigenvalue weighted by atomic mass is 16.4. The third kappa shape index (κ3) is 27.6. The van der Waals surface area contributed by atoms with Crippen molar-refractivity contribution in [2.45, 2.75) is 155 Å². The Labute approximate surface area is 177 Å². The highest BCUT2D eigenvalue weighted by molar-refractivity contribution is 5.66. The summed E-state index contributed by atoms with van der Waals surface area (Å²) in [6.07, 6.45) is 30.5. The maximum absolute atomic E-state index is 10.4. The van der Waals surface area contributed by atoms with Gasteiger partial charge in [0.2, 0.25) is 0 Å². The zero-order chi connectivity index (χ0) is 19.8. The number of unbranched alkanes of at least 4 members (excludes halogenated alkanes) is 21. The zero-order valence-corrected chi connectivity index (χ0v) is 19.3. The lowest BCUT2D eigenvalue weighted by Gasteiger charge is -2.04. The topological polar surface area (TPSA) is 72.3 Å². The summed E-state index contributed by atoms with van der Waals surface area (Å²) < 4.78 is 0. The summed E-state index contributed by atoms with van der Waals surface area (Å²) in [4.78, 5) is 10.4. The molecule has 0 bridgehead atoms. The van der Waals surface area contributed by atoms with Crippen LogP contribution in [0.25, 0.3) is 0 Å². The number of carboxylic acid groups (broad SMARTS) is 1. The van der Waals surface area contributed by atoms with Gasteiger partial charge in [-0.05, 0) is 6.42 Å². The standard InChI is InChI=1S/C25H50O2.H3N/c1-2-3-4-5-6-7-8-9-10-11-12-13-14-15-16-17-18-19-20-21-22-23-24-25(26)27;/h2-24H2,1H3,(H,26,27);1H3. The first-order valence-electron chi connectivity index (χ1n) is 12.5. The zero-order valence-electron chi connectivity index (χ0n) is 19.3. The summed E-state index contributed by atoms with van der Waals surface area (Å²) in [6.45, 7) is 2.29. The molecular formula is C25H53NO2. The average molecular weight is 400 g/mol. The van der Waals surface area contributed by atoms with E-state index in [9.17, 15) is 4.79 Å². The van der Waals surface area contributed by atoms with E-state index in [1.807, 2.05) is 0 Å². The molecule has 0 aliphatic carbocycles. The summed E-state index contributed by atoms with van der Waals surface area (Å²) in [7, 11) is 0. The molecule has 0 aliphatic rings. The molecule has 0 radical (unpaired) electrons. The van der Waals surface area contributed by atoms with Gasteiger partial charge in [0, 0.05) is 6.42 Å². The molecule has 0 atom stereocenters. The van der Waals surface area contributed by atoms with Crippen molar-refractivity contribution in [3.05, 3.63) is 0 Å². The first-order valence-corrected chi connectivity index (χ1v) is 12.5. The van der Waals surface area contributed by atoms with Gasteiger partial charge in [-0.25, -0.2) is 0 Å². The van der Waals surface area contributed by atoms with Crippen LogP contribution in [-0.4, -0.2) is 11.1 Å². The molecule has 0 saturated carbocycles. The Hall–Kier alpha value is -0.570. The Morgan fingerprint density at radius 3 is 0.893 bits per heavy atom. The number of rotatable bonds is 23. The Morgan fingerprint density at radius 2 is 0.679 bits per heavy atom. The molecular weight excluding hydrogens is 346 g/mol. The fourth-order valence-electron chi connectivity index (χ4n) is 3.88. The minimum Gasteiger partial charge on any atom is -0.481 e. The first-order chi connectivity index (χ1) is 13.3. The smallest absolute Gasteiger partial charge is 0.303 e. The molecule has 0 aromatic heterocycles. The quantitative estimate of drug-likeness (QED) is 0.168. The maximum atomic E-state index is 10.4. The van der Waals surface area contributed by atoms with Crippen LogP contribution in [0.1, 0.15) is 155 Å². The second-order valence-electron chi connectivity index (χ2n) is 8.57. The molecule has 170 valence electrons. The van der Waals surface area contributed by atoms with Crippen LogP contribution >= 0.6 is 0 Å². The molecule has 0 spiro atoms. The van der Waals surface area contributed by atoms with E-state index >= 15 is 0 Å². The molecule has 0 aliphatic heterocycles. The second-order valence-corrected chi connectivity index (χ2v) is 8.57. The molecule has 0 aromatic rings. The lowest BCUT2D eigenvalue weighted by Crippen LogP contribution is -1.93. The van der Waals surface area contributed by atoms with Crippen molar-refractivity contribution in [3.8, 4) is 0 Å². The fourth-order valence-corrected chi connectivity index (χ4v) is 3.88. The van der Waals surface area contributed by atoms with Crippen LogP contribution in [0.3, 0.4) is 0 Å². The second kappa shape index (κ2) is 26.4. The monoisotopic (exact) mass is 399 g/mol. The van der Waals surface area contributed by atoms with E-state index in [4.69, 9.17) is 5.11 Å². The Kier molecular flexibility index (Phi) is 28.0. The van der Waals surface area contributed by atoms with Crippen molar-refractivity contribution in [1.29, 1.82) is 0 Å². The van der Waals surface area contributed by atoms with Gasteiger partial charge in [-0.15, -0.1) is 0 Å². The molecule has 0 heterocycles. The molecule has 0 amide bonds. The van der Waals surface area contributed by atoms with Crippen molar-refractivity contribution in [2.24, 2.45) is 0 Å². The van der Waals surface area contributed by atoms with Crippen LogP contribution in [0.5, 0.6) is 0 Å². The van der Waals surface area contributed by atoms with Gasteiger partial charge in [0.05, 0.1) is 0 Å². The molecule has 0 aromatic carbocycles. The highest BCUT2D eigenvalue weighted by Gasteiger charge is 1.97. The minimum atomic E-state index is -0.650. The van der Waals surface area contributed by atoms with Crippen LogP contribution in [0.4, 0.5) is 0 Å². The van der Waals surface area contributed by atoms with E-state index in [1.54, 1.807) is 0 Å². The van der Waals surface area contributed by atoms with E-state index in [0.717, 1.165) is 12.8 Å². The summed E-state index contributed by atoms with van der Waals surface area (Å²) in [5.41, 5.74) is 0. The normalized spacial score (nSPS) is 10.8. The Balaban J connectivity index is 0. The molecule has 0 fully saturated rings. The van der Waals surface area contributed by atoms with Gasteiger partial charge >= 0.3 is 5.97 Å². The van der Waals surface area contributed by atoms with Gasteiger partial charge in [-0.3, -0.25) is 4.79 Å². The van der Waals surface area contributed by atoms with Crippen LogP contribution in [-0.2, 0) is 4.79 Å². The lowest BCUT2D eigenvalue weighted by atomic mass is 10.0. The number of carbonyl (C=O) groups is 1. The average Bonchev–Trinajstić information content (AvgIpc) is 2.65. The van der Waals surface area contributed by atoms with Crippen molar-refractivity contribution in [2.75, 3.05) is 0 Å². The lowest BCUT2D eigenvalue weighted by molar-refractivity contribution is -0.137. The maximum Gasteiger partial charge on any atom is 0.303 e. The van der Waals surface area contributed by atoms with Crippen molar-refractivity contribution in [1.82, 2.24) is 6.15 Å². The van der Waals surface area contributed by atoms with E-state index in [-0.39, 0.29) is 6.15 Å². The van der Waals surface area contributed by atoms with E-state index in [2.05, 4.69) is 6.92 Å². The number of aliphatic carboxylic acids is 1. The van der Waals surface area contributed by atoms with Gasteiger partial charge in [-0.1, -0.05) is 142 Å². The van der Waals surface area contributed by atoms with Crippen LogP contribution in [0.2, 0.25) is 0 Å². The fraction of sp³-hybridized carbons (Fsp3) is 0.960. The molecule has 0 unspecified atom stereocenters.